The Labute approximate surface area is 132 Å². The van der Waals surface area contributed by atoms with Gasteiger partial charge < -0.3 is 4.74 Å². The van der Waals surface area contributed by atoms with Crippen LogP contribution in [-0.2, 0) is 0 Å². The predicted molar refractivity (Wildman–Crippen MR) is 86.0 cm³/mol. The number of imidazole rings is 1. The largest absolute Gasteiger partial charge is 0.497 e. The Morgan fingerprint density at radius 3 is 2.43 bits per heavy atom. The number of fused-ring (bicyclic) bond motifs is 1. The van der Waals surface area contributed by atoms with Crippen LogP contribution in [0.25, 0.3) is 28.3 Å². The molecular weight excluding hydrogens is 290 g/mol. The SMILES string of the molecule is COc1ccc(-c2nc3nnccn3c2-c2ccncc2)cc1. The maximum absolute atomic E-state index is 5.22. The highest BCUT2D eigenvalue weighted by Crippen LogP contribution is 2.32. The number of nitrogens with zero attached hydrogens (tertiary/aromatic N) is 5. The first kappa shape index (κ1) is 13.4. The molecule has 1 aromatic carbocycles. The Balaban J connectivity index is 1.98. The van der Waals surface area contributed by atoms with Crippen LogP contribution < -0.4 is 4.74 Å². The van der Waals surface area contributed by atoms with E-state index in [0.717, 1.165) is 28.3 Å². The van der Waals surface area contributed by atoms with Crippen LogP contribution in [0, 0.1) is 0 Å². The minimum Gasteiger partial charge on any atom is -0.497 e. The molecule has 6 nitrogen and oxygen atoms in total. The summed E-state index contributed by atoms with van der Waals surface area (Å²) in [6.45, 7) is 0. The third kappa shape index (κ3) is 2.30. The molecule has 0 fully saturated rings. The van der Waals surface area contributed by atoms with E-state index in [1.807, 2.05) is 47.0 Å². The fraction of sp³-hybridized carbons (Fsp3) is 0.0588. The van der Waals surface area contributed by atoms with Crippen molar-refractivity contribution in [3.05, 3.63) is 61.2 Å². The summed E-state index contributed by atoms with van der Waals surface area (Å²) in [7, 11) is 1.65. The van der Waals surface area contributed by atoms with Gasteiger partial charge in [-0.05, 0) is 36.4 Å². The molecule has 0 aliphatic carbocycles. The second-order valence-corrected chi connectivity index (χ2v) is 4.96. The molecule has 0 spiro atoms. The van der Waals surface area contributed by atoms with Crippen LogP contribution in [0.15, 0.2) is 61.2 Å². The van der Waals surface area contributed by atoms with E-state index < -0.39 is 0 Å². The van der Waals surface area contributed by atoms with Gasteiger partial charge in [-0.1, -0.05) is 0 Å². The van der Waals surface area contributed by atoms with E-state index in [0.29, 0.717) is 5.78 Å². The van der Waals surface area contributed by atoms with Crippen molar-refractivity contribution in [1.29, 1.82) is 0 Å². The zero-order valence-corrected chi connectivity index (χ0v) is 12.4. The van der Waals surface area contributed by atoms with E-state index in [-0.39, 0.29) is 0 Å². The summed E-state index contributed by atoms with van der Waals surface area (Å²) >= 11 is 0. The van der Waals surface area contributed by atoms with Gasteiger partial charge in [-0.2, -0.15) is 5.10 Å². The van der Waals surface area contributed by atoms with Crippen LogP contribution in [0.4, 0.5) is 0 Å². The number of benzene rings is 1. The summed E-state index contributed by atoms with van der Waals surface area (Å²) in [5.74, 6) is 1.37. The van der Waals surface area contributed by atoms with Crippen molar-refractivity contribution in [3.63, 3.8) is 0 Å². The number of pyridine rings is 1. The van der Waals surface area contributed by atoms with Gasteiger partial charge in [0.15, 0.2) is 0 Å². The highest BCUT2D eigenvalue weighted by Gasteiger charge is 2.16. The van der Waals surface area contributed by atoms with Crippen LogP contribution in [0.5, 0.6) is 5.75 Å². The van der Waals surface area contributed by atoms with Gasteiger partial charge in [-0.3, -0.25) is 9.38 Å². The first-order valence-electron chi connectivity index (χ1n) is 7.11. The summed E-state index contributed by atoms with van der Waals surface area (Å²) in [5.41, 5.74) is 3.82. The number of ether oxygens (including phenoxy) is 1. The molecule has 4 aromatic rings. The van der Waals surface area contributed by atoms with Gasteiger partial charge in [-0.15, -0.1) is 5.10 Å². The number of methoxy groups -OCH3 is 1. The maximum atomic E-state index is 5.22. The molecule has 0 unspecified atom stereocenters. The van der Waals surface area contributed by atoms with Crippen molar-refractivity contribution < 1.29 is 4.74 Å². The number of rotatable bonds is 3. The van der Waals surface area contributed by atoms with Crippen LogP contribution in [-0.4, -0.2) is 31.7 Å². The molecule has 0 saturated heterocycles. The standard InChI is InChI=1S/C17H13N5O/c1-23-14-4-2-12(3-5-14)15-16(13-6-8-18-9-7-13)22-11-10-19-21-17(22)20-15/h2-11H,1H3. The van der Waals surface area contributed by atoms with Gasteiger partial charge in [0, 0.05) is 29.7 Å². The maximum Gasteiger partial charge on any atom is 0.254 e. The summed E-state index contributed by atoms with van der Waals surface area (Å²) in [4.78, 5) is 8.73. The zero-order chi connectivity index (χ0) is 15.6. The number of hydrogen-bond donors (Lipinski definition) is 0. The second-order valence-electron chi connectivity index (χ2n) is 4.96. The van der Waals surface area contributed by atoms with E-state index in [1.165, 1.54) is 0 Å². The Kier molecular flexibility index (Phi) is 3.20. The zero-order valence-electron chi connectivity index (χ0n) is 12.4. The monoisotopic (exact) mass is 303 g/mol. The van der Waals surface area contributed by atoms with E-state index in [1.54, 1.807) is 25.7 Å². The Morgan fingerprint density at radius 2 is 1.70 bits per heavy atom. The minimum absolute atomic E-state index is 0.560. The lowest BCUT2D eigenvalue weighted by Gasteiger charge is -2.06. The molecule has 6 heteroatoms. The average molecular weight is 303 g/mol. The minimum atomic E-state index is 0.560. The van der Waals surface area contributed by atoms with Gasteiger partial charge in [0.05, 0.1) is 24.7 Å². The predicted octanol–water partition coefficient (Wildman–Crippen LogP) is 2.86. The lowest BCUT2D eigenvalue weighted by atomic mass is 10.1. The van der Waals surface area contributed by atoms with E-state index >= 15 is 0 Å². The molecule has 3 heterocycles. The first-order chi connectivity index (χ1) is 11.4. The van der Waals surface area contributed by atoms with Crippen molar-refractivity contribution >= 4 is 5.78 Å². The molecule has 3 aromatic heterocycles. The quantitative estimate of drug-likeness (QED) is 0.582. The topological polar surface area (TPSA) is 65.2 Å². The van der Waals surface area contributed by atoms with E-state index in [9.17, 15) is 0 Å². The summed E-state index contributed by atoms with van der Waals surface area (Å²) in [6, 6.07) is 11.7. The Morgan fingerprint density at radius 1 is 0.913 bits per heavy atom. The van der Waals surface area contributed by atoms with Gasteiger partial charge >= 0.3 is 0 Å². The fourth-order valence-corrected chi connectivity index (χ4v) is 2.55. The number of aromatic nitrogens is 5. The smallest absolute Gasteiger partial charge is 0.254 e. The summed E-state index contributed by atoms with van der Waals surface area (Å²) < 4.78 is 7.16. The molecule has 0 aliphatic heterocycles. The molecule has 112 valence electrons. The first-order valence-corrected chi connectivity index (χ1v) is 7.11. The molecule has 23 heavy (non-hydrogen) atoms. The molecule has 0 atom stereocenters. The summed E-state index contributed by atoms with van der Waals surface area (Å²) in [5, 5.41) is 8.03. The lowest BCUT2D eigenvalue weighted by molar-refractivity contribution is 0.415. The van der Waals surface area contributed by atoms with Crippen molar-refractivity contribution in [1.82, 2.24) is 24.6 Å². The number of hydrogen-bond acceptors (Lipinski definition) is 5. The molecule has 0 bridgehead atoms. The molecule has 0 aliphatic rings. The molecule has 4 rings (SSSR count). The summed E-state index contributed by atoms with van der Waals surface area (Å²) in [6.07, 6.45) is 7.04. The third-order valence-corrected chi connectivity index (χ3v) is 3.64. The van der Waals surface area contributed by atoms with Gasteiger partial charge in [-0.25, -0.2) is 4.98 Å². The normalized spacial score (nSPS) is 10.8. The Hall–Kier alpha value is -3.28. The molecular formula is C17H13N5O. The molecule has 0 saturated carbocycles. The molecule has 0 radical (unpaired) electrons. The van der Waals surface area contributed by atoms with Crippen LogP contribution in [0.3, 0.4) is 0 Å². The van der Waals surface area contributed by atoms with Gasteiger partial charge in [0.25, 0.3) is 5.78 Å². The molecule has 0 N–H and O–H groups in total. The van der Waals surface area contributed by atoms with Crippen molar-refractivity contribution in [2.24, 2.45) is 0 Å². The van der Waals surface area contributed by atoms with Crippen LogP contribution in [0.2, 0.25) is 0 Å². The van der Waals surface area contributed by atoms with Crippen molar-refractivity contribution in [2.75, 3.05) is 7.11 Å². The highest BCUT2D eigenvalue weighted by molar-refractivity contribution is 5.81. The van der Waals surface area contributed by atoms with Gasteiger partial charge in [0.2, 0.25) is 0 Å². The Bertz CT molecular complexity index is 948. The molecule has 0 amide bonds. The van der Waals surface area contributed by atoms with Crippen molar-refractivity contribution in [3.8, 4) is 28.3 Å². The van der Waals surface area contributed by atoms with Crippen LogP contribution >= 0.6 is 0 Å². The average Bonchev–Trinajstić information content (AvgIpc) is 3.02. The third-order valence-electron chi connectivity index (χ3n) is 3.64. The fourth-order valence-electron chi connectivity index (χ4n) is 2.55. The van der Waals surface area contributed by atoms with E-state index in [4.69, 9.17) is 4.74 Å². The second kappa shape index (κ2) is 5.49. The van der Waals surface area contributed by atoms with Crippen molar-refractivity contribution in [2.45, 2.75) is 0 Å². The van der Waals surface area contributed by atoms with Gasteiger partial charge in [0.1, 0.15) is 5.75 Å². The van der Waals surface area contributed by atoms with E-state index in [2.05, 4.69) is 20.2 Å². The van der Waals surface area contributed by atoms with Crippen LogP contribution in [0.1, 0.15) is 0 Å². The highest BCUT2D eigenvalue weighted by atomic mass is 16.5. The lowest BCUT2D eigenvalue weighted by Crippen LogP contribution is -1.92.